The number of hydrogen-bond acceptors (Lipinski definition) is 4. The number of amides is 3. The Kier molecular flexibility index (Phi) is 9.84. The summed E-state index contributed by atoms with van der Waals surface area (Å²) in [6, 6.07) is 23.6. The van der Waals surface area contributed by atoms with E-state index >= 15 is 0 Å². The lowest BCUT2D eigenvalue weighted by molar-refractivity contribution is -0.146. The molecule has 42 heavy (non-hydrogen) atoms. The summed E-state index contributed by atoms with van der Waals surface area (Å²) < 4.78 is 0. The summed E-state index contributed by atoms with van der Waals surface area (Å²) in [5.41, 5.74) is 7.16. The SMILES string of the molecule is CNC(=O)C1(Cc2ccccc2)CCN(C(=O)C(Cc2ccc3ccccc3c2)N(C)C(=O)/C=C/CC(C)(C)N)CC1. The summed E-state index contributed by atoms with van der Waals surface area (Å²) in [5, 5.41) is 5.08. The van der Waals surface area contributed by atoms with E-state index in [1.54, 1.807) is 25.1 Å². The summed E-state index contributed by atoms with van der Waals surface area (Å²) in [4.78, 5) is 43.9. The fourth-order valence-corrected chi connectivity index (χ4v) is 5.82. The Bertz CT molecular complexity index is 1420. The van der Waals surface area contributed by atoms with E-state index in [1.165, 1.54) is 6.08 Å². The number of hydrogen-bond donors (Lipinski definition) is 2. The molecular weight excluding hydrogens is 524 g/mol. The zero-order valence-corrected chi connectivity index (χ0v) is 25.3. The highest BCUT2D eigenvalue weighted by molar-refractivity contribution is 5.93. The number of benzene rings is 3. The summed E-state index contributed by atoms with van der Waals surface area (Å²) >= 11 is 0. The number of nitrogens with zero attached hydrogens (tertiary/aromatic N) is 2. The molecule has 0 aromatic heterocycles. The fourth-order valence-electron chi connectivity index (χ4n) is 5.82. The molecule has 1 fully saturated rings. The van der Waals surface area contributed by atoms with Crippen molar-refractivity contribution in [2.75, 3.05) is 27.2 Å². The Labute approximate surface area is 249 Å². The highest BCUT2D eigenvalue weighted by Crippen LogP contribution is 2.36. The smallest absolute Gasteiger partial charge is 0.246 e. The van der Waals surface area contributed by atoms with Gasteiger partial charge in [-0.3, -0.25) is 14.4 Å². The predicted octanol–water partition coefficient (Wildman–Crippen LogP) is 4.49. The third-order valence-corrected chi connectivity index (χ3v) is 8.37. The minimum atomic E-state index is -0.684. The number of carbonyl (C=O) groups excluding carboxylic acids is 3. The molecule has 1 aliphatic heterocycles. The van der Waals surface area contributed by atoms with Gasteiger partial charge in [-0.2, -0.15) is 0 Å². The van der Waals surface area contributed by atoms with Gasteiger partial charge in [0.05, 0.1) is 5.41 Å². The number of likely N-dealkylation sites (N-methyl/N-ethyl adjacent to an activating group) is 1. The van der Waals surface area contributed by atoms with Crippen LogP contribution in [0.3, 0.4) is 0 Å². The number of nitrogens with two attached hydrogens (primary N) is 1. The molecule has 7 heteroatoms. The van der Waals surface area contributed by atoms with Gasteiger partial charge in [0.15, 0.2) is 0 Å². The van der Waals surface area contributed by atoms with Crippen LogP contribution >= 0.6 is 0 Å². The second-order valence-electron chi connectivity index (χ2n) is 12.3. The molecule has 0 bridgehead atoms. The molecule has 3 aromatic rings. The molecule has 4 rings (SSSR count). The number of likely N-dealkylation sites (tertiary alicyclic amines) is 1. The first-order valence-corrected chi connectivity index (χ1v) is 14.8. The number of fused-ring (bicyclic) bond motifs is 1. The van der Waals surface area contributed by atoms with E-state index in [-0.39, 0.29) is 17.7 Å². The van der Waals surface area contributed by atoms with E-state index in [9.17, 15) is 14.4 Å². The lowest BCUT2D eigenvalue weighted by Crippen LogP contribution is -2.55. The van der Waals surface area contributed by atoms with Crippen molar-refractivity contribution in [3.63, 3.8) is 0 Å². The van der Waals surface area contributed by atoms with Crippen molar-refractivity contribution in [3.8, 4) is 0 Å². The Hall–Kier alpha value is -3.97. The van der Waals surface area contributed by atoms with Crippen molar-refractivity contribution in [3.05, 3.63) is 96.1 Å². The monoisotopic (exact) mass is 568 g/mol. The molecule has 1 aliphatic rings. The Morgan fingerprint density at radius 1 is 0.976 bits per heavy atom. The van der Waals surface area contributed by atoms with Gasteiger partial charge in [0.1, 0.15) is 6.04 Å². The molecule has 3 N–H and O–H groups in total. The van der Waals surface area contributed by atoms with Crippen LogP contribution in [0.1, 0.15) is 44.2 Å². The fraction of sp³-hybridized carbons (Fsp3) is 0.400. The van der Waals surface area contributed by atoms with Gasteiger partial charge in [-0.1, -0.05) is 78.9 Å². The number of carbonyl (C=O) groups is 3. The van der Waals surface area contributed by atoms with E-state index in [0.717, 1.165) is 21.9 Å². The van der Waals surface area contributed by atoms with E-state index < -0.39 is 17.0 Å². The Morgan fingerprint density at radius 3 is 2.26 bits per heavy atom. The number of rotatable bonds is 10. The lowest BCUT2D eigenvalue weighted by Gasteiger charge is -2.42. The summed E-state index contributed by atoms with van der Waals surface area (Å²) in [6.07, 6.45) is 5.96. The van der Waals surface area contributed by atoms with Gasteiger partial charge in [0, 0.05) is 39.1 Å². The van der Waals surface area contributed by atoms with Crippen LogP contribution in [-0.4, -0.2) is 66.3 Å². The average molecular weight is 569 g/mol. The van der Waals surface area contributed by atoms with Crippen LogP contribution in [0, 0.1) is 5.41 Å². The summed E-state index contributed by atoms with van der Waals surface area (Å²) in [6.45, 7) is 4.72. The minimum absolute atomic E-state index is 0.00595. The lowest BCUT2D eigenvalue weighted by atomic mass is 9.73. The van der Waals surface area contributed by atoms with Crippen molar-refractivity contribution >= 4 is 28.5 Å². The maximum absolute atomic E-state index is 14.1. The van der Waals surface area contributed by atoms with E-state index in [0.29, 0.717) is 45.2 Å². The predicted molar refractivity (Wildman–Crippen MR) is 169 cm³/mol. The second-order valence-corrected chi connectivity index (χ2v) is 12.3. The van der Waals surface area contributed by atoms with Gasteiger partial charge in [0.25, 0.3) is 0 Å². The average Bonchev–Trinajstić information content (AvgIpc) is 2.98. The molecule has 1 heterocycles. The molecule has 1 unspecified atom stereocenters. The van der Waals surface area contributed by atoms with Crippen LogP contribution in [0.25, 0.3) is 10.8 Å². The molecule has 0 spiro atoms. The van der Waals surface area contributed by atoms with Crippen molar-refractivity contribution in [1.82, 2.24) is 15.1 Å². The Balaban J connectivity index is 1.56. The van der Waals surface area contributed by atoms with Gasteiger partial charge < -0.3 is 20.9 Å². The molecule has 1 saturated heterocycles. The molecule has 1 atom stereocenters. The normalized spacial score (nSPS) is 15.9. The zero-order valence-electron chi connectivity index (χ0n) is 25.3. The van der Waals surface area contributed by atoms with Crippen LogP contribution in [0.2, 0.25) is 0 Å². The molecule has 3 aromatic carbocycles. The van der Waals surface area contributed by atoms with Gasteiger partial charge in [0.2, 0.25) is 17.7 Å². The zero-order chi connectivity index (χ0) is 30.3. The van der Waals surface area contributed by atoms with E-state index in [2.05, 4.69) is 29.6 Å². The second kappa shape index (κ2) is 13.3. The van der Waals surface area contributed by atoms with Crippen LogP contribution in [0.5, 0.6) is 0 Å². The van der Waals surface area contributed by atoms with Gasteiger partial charge in [-0.05, 0) is 67.5 Å². The minimum Gasteiger partial charge on any atom is -0.359 e. The Morgan fingerprint density at radius 2 is 1.62 bits per heavy atom. The van der Waals surface area contributed by atoms with Crippen molar-refractivity contribution in [2.24, 2.45) is 11.1 Å². The van der Waals surface area contributed by atoms with Gasteiger partial charge >= 0.3 is 0 Å². The van der Waals surface area contributed by atoms with Crippen molar-refractivity contribution in [2.45, 2.75) is 57.5 Å². The number of nitrogens with one attached hydrogen (secondary N) is 1. The highest BCUT2D eigenvalue weighted by Gasteiger charge is 2.43. The van der Waals surface area contributed by atoms with Crippen molar-refractivity contribution in [1.29, 1.82) is 0 Å². The van der Waals surface area contributed by atoms with Crippen LogP contribution in [-0.2, 0) is 27.2 Å². The van der Waals surface area contributed by atoms with E-state index in [4.69, 9.17) is 5.73 Å². The van der Waals surface area contributed by atoms with Crippen LogP contribution in [0.15, 0.2) is 84.9 Å². The first-order chi connectivity index (χ1) is 20.0. The third-order valence-electron chi connectivity index (χ3n) is 8.37. The maximum atomic E-state index is 14.1. The maximum Gasteiger partial charge on any atom is 0.246 e. The molecule has 7 nitrogen and oxygen atoms in total. The van der Waals surface area contributed by atoms with Crippen LogP contribution < -0.4 is 11.1 Å². The standard InChI is InChI=1S/C35H44N4O3/c1-34(2,36)18-10-15-31(40)38(4)30(24-27-16-17-28-13-8-9-14-29(28)23-27)32(41)39-21-19-35(20-22-39,33(42)37-3)25-26-11-6-5-7-12-26/h5-17,23,30H,18-22,24-25,36H2,1-4H3,(H,37,42)/b15-10+. The third kappa shape index (κ3) is 7.65. The number of piperidine rings is 1. The molecule has 3 amide bonds. The largest absolute Gasteiger partial charge is 0.359 e. The van der Waals surface area contributed by atoms with E-state index in [1.807, 2.05) is 67.3 Å². The van der Waals surface area contributed by atoms with Gasteiger partial charge in [-0.25, -0.2) is 0 Å². The molecule has 0 radical (unpaired) electrons. The molecular formula is C35H44N4O3. The summed E-state index contributed by atoms with van der Waals surface area (Å²) in [5.74, 6) is -0.331. The first kappa shape index (κ1) is 31.0. The quantitative estimate of drug-likeness (QED) is 0.352. The highest BCUT2D eigenvalue weighted by atomic mass is 16.2. The van der Waals surface area contributed by atoms with Crippen molar-refractivity contribution < 1.29 is 14.4 Å². The summed E-state index contributed by atoms with van der Waals surface area (Å²) in [7, 11) is 3.37. The first-order valence-electron chi connectivity index (χ1n) is 14.8. The van der Waals surface area contributed by atoms with Gasteiger partial charge in [-0.15, -0.1) is 0 Å². The molecule has 0 aliphatic carbocycles. The molecule has 0 saturated carbocycles. The molecule has 222 valence electrons. The van der Waals surface area contributed by atoms with Crippen LogP contribution in [0.4, 0.5) is 0 Å². The topological polar surface area (TPSA) is 95.7 Å².